The van der Waals surface area contributed by atoms with Crippen LogP contribution in [0.4, 0.5) is 17.6 Å². The van der Waals surface area contributed by atoms with Gasteiger partial charge in [-0.2, -0.15) is 0 Å². The second-order valence-corrected chi connectivity index (χ2v) is 5.96. The van der Waals surface area contributed by atoms with Gasteiger partial charge in [-0.3, -0.25) is 9.59 Å². The highest BCUT2D eigenvalue weighted by Crippen LogP contribution is 2.29. The van der Waals surface area contributed by atoms with E-state index in [0.29, 0.717) is 6.07 Å². The van der Waals surface area contributed by atoms with Crippen molar-refractivity contribution in [1.29, 1.82) is 0 Å². The second kappa shape index (κ2) is 8.59. The lowest BCUT2D eigenvalue weighted by Gasteiger charge is -2.21. The maximum Gasteiger partial charge on any atom is 0.253 e. The number of rotatable bonds is 6. The highest BCUT2D eigenvalue weighted by molar-refractivity contribution is 5.94. The molecule has 0 aliphatic heterocycles. The number of aromatic amines is 1. The molecule has 0 aliphatic rings. The van der Waals surface area contributed by atoms with Crippen LogP contribution in [0.25, 0.3) is 0 Å². The number of benzene rings is 2. The van der Waals surface area contributed by atoms with Crippen LogP contribution in [0.5, 0.6) is 5.75 Å². The first-order valence-electron chi connectivity index (χ1n) is 8.32. The van der Waals surface area contributed by atoms with Crippen molar-refractivity contribution < 1.29 is 27.1 Å². The Hall–Kier alpha value is -3.62. The first-order valence-corrected chi connectivity index (χ1v) is 8.32. The van der Waals surface area contributed by atoms with Gasteiger partial charge in [0.15, 0.2) is 11.6 Å². The molecule has 1 unspecified atom stereocenters. The van der Waals surface area contributed by atoms with Gasteiger partial charge in [0.2, 0.25) is 12.4 Å². The SMILES string of the molecule is O=C(NC(c1ccc(OCF)c(F)c1)c1ccc(F)cc1F)c1ccc(=O)[nH]c1. The number of amides is 1. The summed E-state index contributed by atoms with van der Waals surface area (Å²) in [7, 11) is 0. The van der Waals surface area contributed by atoms with Crippen molar-refractivity contribution in [1.82, 2.24) is 10.3 Å². The number of alkyl halides is 1. The third-order valence-electron chi connectivity index (χ3n) is 4.09. The monoisotopic (exact) mass is 406 g/mol. The molecule has 0 saturated carbocycles. The molecule has 1 heterocycles. The highest BCUT2D eigenvalue weighted by Gasteiger charge is 2.23. The Labute approximate surface area is 162 Å². The van der Waals surface area contributed by atoms with Crippen LogP contribution in [-0.4, -0.2) is 17.8 Å². The molecule has 0 spiro atoms. The van der Waals surface area contributed by atoms with Crippen LogP contribution in [0.1, 0.15) is 27.5 Å². The van der Waals surface area contributed by atoms with Crippen LogP contribution in [0.3, 0.4) is 0 Å². The first kappa shape index (κ1) is 20.1. The van der Waals surface area contributed by atoms with Crippen molar-refractivity contribution in [3.05, 3.63) is 99.2 Å². The summed E-state index contributed by atoms with van der Waals surface area (Å²) in [6.45, 7) is -1.24. The Morgan fingerprint density at radius 1 is 1.03 bits per heavy atom. The third-order valence-corrected chi connectivity index (χ3v) is 4.09. The van der Waals surface area contributed by atoms with Crippen molar-refractivity contribution in [3.63, 3.8) is 0 Å². The normalized spacial score (nSPS) is 11.7. The predicted octanol–water partition coefficient (Wildman–Crippen LogP) is 3.62. The van der Waals surface area contributed by atoms with Gasteiger partial charge in [0.25, 0.3) is 5.91 Å². The van der Waals surface area contributed by atoms with Crippen LogP contribution in [-0.2, 0) is 0 Å². The van der Waals surface area contributed by atoms with E-state index >= 15 is 0 Å². The number of halogens is 4. The van der Waals surface area contributed by atoms with Gasteiger partial charge in [0, 0.05) is 23.9 Å². The molecule has 2 N–H and O–H groups in total. The molecule has 0 fully saturated rings. The molecular weight excluding hydrogens is 392 g/mol. The molecule has 3 rings (SSSR count). The average Bonchev–Trinajstić information content (AvgIpc) is 2.69. The molecule has 0 aliphatic carbocycles. The minimum absolute atomic E-state index is 0.0648. The minimum Gasteiger partial charge on any atom is -0.460 e. The van der Waals surface area contributed by atoms with Crippen molar-refractivity contribution in [2.75, 3.05) is 6.86 Å². The Bertz CT molecular complexity index is 1080. The van der Waals surface area contributed by atoms with Crippen LogP contribution in [0.2, 0.25) is 0 Å². The van der Waals surface area contributed by atoms with Gasteiger partial charge in [-0.15, -0.1) is 0 Å². The van der Waals surface area contributed by atoms with E-state index < -0.39 is 41.8 Å². The van der Waals surface area contributed by atoms with Crippen molar-refractivity contribution in [2.24, 2.45) is 0 Å². The maximum absolute atomic E-state index is 14.4. The number of aromatic nitrogens is 1. The van der Waals surface area contributed by atoms with E-state index in [0.717, 1.165) is 36.5 Å². The molecule has 0 saturated heterocycles. The Morgan fingerprint density at radius 2 is 1.83 bits per heavy atom. The van der Waals surface area contributed by atoms with E-state index in [1.165, 1.54) is 12.1 Å². The van der Waals surface area contributed by atoms with Crippen LogP contribution >= 0.6 is 0 Å². The molecule has 1 atom stereocenters. The lowest BCUT2D eigenvalue weighted by molar-refractivity contribution is 0.0942. The van der Waals surface area contributed by atoms with E-state index in [9.17, 15) is 27.2 Å². The third kappa shape index (κ3) is 4.63. The number of pyridine rings is 1. The first-order chi connectivity index (χ1) is 13.9. The van der Waals surface area contributed by atoms with Gasteiger partial charge >= 0.3 is 0 Å². The zero-order valence-electron chi connectivity index (χ0n) is 14.7. The summed E-state index contributed by atoms with van der Waals surface area (Å²) in [5, 5.41) is 2.52. The molecule has 9 heteroatoms. The summed E-state index contributed by atoms with van der Waals surface area (Å²) < 4.78 is 58.7. The van der Waals surface area contributed by atoms with Gasteiger partial charge in [0.05, 0.1) is 11.6 Å². The lowest BCUT2D eigenvalue weighted by atomic mass is 9.97. The van der Waals surface area contributed by atoms with E-state index in [4.69, 9.17) is 0 Å². The van der Waals surface area contributed by atoms with E-state index in [-0.39, 0.29) is 22.4 Å². The topological polar surface area (TPSA) is 71.2 Å². The molecule has 1 aromatic heterocycles. The summed E-state index contributed by atoms with van der Waals surface area (Å²) in [5.74, 6) is -3.76. The number of H-pyrrole nitrogens is 1. The summed E-state index contributed by atoms with van der Waals surface area (Å²) in [6.07, 6.45) is 1.16. The van der Waals surface area contributed by atoms with Crippen molar-refractivity contribution >= 4 is 5.91 Å². The van der Waals surface area contributed by atoms with E-state index in [1.807, 2.05) is 0 Å². The number of hydrogen-bond acceptors (Lipinski definition) is 3. The minimum atomic E-state index is -1.24. The number of carbonyl (C=O) groups excluding carboxylic acids is 1. The Morgan fingerprint density at radius 3 is 2.45 bits per heavy atom. The summed E-state index contributed by atoms with van der Waals surface area (Å²) in [6, 6.07) is 7.32. The van der Waals surface area contributed by atoms with Gasteiger partial charge < -0.3 is 15.0 Å². The van der Waals surface area contributed by atoms with Gasteiger partial charge in [-0.05, 0) is 29.8 Å². The van der Waals surface area contributed by atoms with Crippen molar-refractivity contribution in [3.8, 4) is 5.75 Å². The molecule has 0 radical (unpaired) electrons. The van der Waals surface area contributed by atoms with Crippen LogP contribution in [0.15, 0.2) is 59.5 Å². The number of ether oxygens (including phenoxy) is 1. The van der Waals surface area contributed by atoms with Crippen molar-refractivity contribution in [2.45, 2.75) is 6.04 Å². The summed E-state index contributed by atoms with van der Waals surface area (Å²) >= 11 is 0. The fraction of sp³-hybridized carbons (Fsp3) is 0.100. The van der Waals surface area contributed by atoms with Gasteiger partial charge in [0.1, 0.15) is 11.6 Å². The van der Waals surface area contributed by atoms with Gasteiger partial charge in [-0.1, -0.05) is 12.1 Å². The highest BCUT2D eigenvalue weighted by atomic mass is 19.1. The predicted molar refractivity (Wildman–Crippen MR) is 95.7 cm³/mol. The number of carbonyl (C=O) groups is 1. The van der Waals surface area contributed by atoms with Crippen LogP contribution in [0, 0.1) is 17.5 Å². The van der Waals surface area contributed by atoms with E-state index in [2.05, 4.69) is 15.0 Å². The summed E-state index contributed by atoms with van der Waals surface area (Å²) in [5.41, 5.74) is -0.372. The maximum atomic E-state index is 14.4. The van der Waals surface area contributed by atoms with Crippen LogP contribution < -0.4 is 15.6 Å². The molecule has 2 aromatic carbocycles. The fourth-order valence-electron chi connectivity index (χ4n) is 2.71. The molecule has 3 aromatic rings. The van der Waals surface area contributed by atoms with E-state index in [1.54, 1.807) is 0 Å². The standard InChI is InChI=1S/C20H14F4N2O3/c21-10-29-17-5-1-11(7-16(17)24)19(14-4-3-13(22)8-15(14)23)26-20(28)12-2-6-18(27)25-9-12/h1-9,19H,10H2,(H,25,27)(H,26,28). The molecule has 0 bridgehead atoms. The smallest absolute Gasteiger partial charge is 0.253 e. The molecular formula is C20H14F4N2O3. The number of nitrogens with one attached hydrogen (secondary N) is 2. The quantitative estimate of drug-likeness (QED) is 0.615. The molecule has 150 valence electrons. The fourth-order valence-corrected chi connectivity index (χ4v) is 2.71. The van der Waals surface area contributed by atoms with Gasteiger partial charge in [-0.25, -0.2) is 17.6 Å². The zero-order valence-corrected chi connectivity index (χ0v) is 14.7. The largest absolute Gasteiger partial charge is 0.460 e. The zero-order chi connectivity index (χ0) is 21.0. The molecule has 29 heavy (non-hydrogen) atoms. The molecule has 1 amide bonds. The second-order valence-electron chi connectivity index (χ2n) is 5.96. The number of hydrogen-bond donors (Lipinski definition) is 2. The summed E-state index contributed by atoms with van der Waals surface area (Å²) in [4.78, 5) is 26.0. The lowest BCUT2D eigenvalue weighted by Crippen LogP contribution is -2.30. The Balaban J connectivity index is 2.02. The molecule has 5 nitrogen and oxygen atoms in total. The Kier molecular flexibility index (Phi) is 5.96. The average molecular weight is 406 g/mol.